The molecule has 0 spiro atoms. The summed E-state index contributed by atoms with van der Waals surface area (Å²) in [6.45, 7) is 12.1. The highest BCUT2D eigenvalue weighted by atomic mass is 19.2. The zero-order valence-corrected chi connectivity index (χ0v) is 17.2. The van der Waals surface area contributed by atoms with Crippen molar-refractivity contribution in [3.63, 3.8) is 0 Å². The van der Waals surface area contributed by atoms with Gasteiger partial charge in [0, 0.05) is 27.1 Å². The molecule has 0 aliphatic rings. The fourth-order valence-corrected chi connectivity index (χ4v) is 2.19. The second-order valence-electron chi connectivity index (χ2n) is 6.58. The molecule has 0 radical (unpaired) electrons. The number of ether oxygens (including phenoxy) is 1. The number of hydrogen-bond acceptors (Lipinski definition) is 5. The van der Waals surface area contributed by atoms with Gasteiger partial charge in [-0.2, -0.15) is 0 Å². The third-order valence-corrected chi connectivity index (χ3v) is 3.71. The number of nitrogens with one attached hydrogen (secondary N) is 2. The van der Waals surface area contributed by atoms with Gasteiger partial charge in [-0.25, -0.2) is 15.3 Å². The first-order valence-electron chi connectivity index (χ1n) is 9.01. The highest BCUT2D eigenvalue weighted by Crippen LogP contribution is 2.18. The summed E-state index contributed by atoms with van der Waals surface area (Å²) in [5, 5.41) is 0.483. The SMILES string of the molecule is C=C/C(=C(\C=C/CC(=O)NNC(=O)OC(C)C)N(C)F)N(C)CC(C)CC. The second-order valence-corrected chi connectivity index (χ2v) is 6.58. The van der Waals surface area contributed by atoms with Crippen LogP contribution in [0.2, 0.25) is 0 Å². The van der Waals surface area contributed by atoms with Crippen LogP contribution in [0.5, 0.6) is 0 Å². The Morgan fingerprint density at radius 2 is 1.81 bits per heavy atom. The van der Waals surface area contributed by atoms with Crippen molar-refractivity contribution in [1.29, 1.82) is 0 Å². The van der Waals surface area contributed by atoms with Gasteiger partial charge in [0.1, 0.15) is 0 Å². The number of likely N-dealkylation sites (N-methyl/N-ethyl adjacent to an activating group) is 2. The molecule has 2 amide bonds. The van der Waals surface area contributed by atoms with E-state index < -0.39 is 12.0 Å². The number of nitrogens with zero attached hydrogens (tertiary/aromatic N) is 2. The summed E-state index contributed by atoms with van der Waals surface area (Å²) in [5.41, 5.74) is 5.27. The zero-order valence-electron chi connectivity index (χ0n) is 17.2. The van der Waals surface area contributed by atoms with Crippen molar-refractivity contribution in [2.45, 2.75) is 46.6 Å². The van der Waals surface area contributed by atoms with Crippen LogP contribution in [0, 0.1) is 5.92 Å². The summed E-state index contributed by atoms with van der Waals surface area (Å²) in [4.78, 5) is 25.0. The molecule has 0 rings (SSSR count). The van der Waals surface area contributed by atoms with Gasteiger partial charge < -0.3 is 9.64 Å². The van der Waals surface area contributed by atoms with Crippen molar-refractivity contribution < 1.29 is 18.8 Å². The van der Waals surface area contributed by atoms with Gasteiger partial charge in [0.2, 0.25) is 5.91 Å². The van der Waals surface area contributed by atoms with Crippen molar-refractivity contribution in [2.75, 3.05) is 20.6 Å². The Morgan fingerprint density at radius 3 is 2.30 bits per heavy atom. The van der Waals surface area contributed by atoms with E-state index in [2.05, 4.69) is 31.3 Å². The average molecular weight is 384 g/mol. The van der Waals surface area contributed by atoms with E-state index in [9.17, 15) is 14.1 Å². The lowest BCUT2D eigenvalue weighted by atomic mass is 10.1. The lowest BCUT2D eigenvalue weighted by Crippen LogP contribution is -2.42. The topological polar surface area (TPSA) is 73.9 Å². The first kappa shape index (κ1) is 24.5. The van der Waals surface area contributed by atoms with Gasteiger partial charge in [-0.1, -0.05) is 32.9 Å². The minimum atomic E-state index is -0.744. The van der Waals surface area contributed by atoms with Crippen LogP contribution in [-0.4, -0.2) is 48.8 Å². The van der Waals surface area contributed by atoms with Gasteiger partial charge in [0.05, 0.1) is 17.5 Å². The van der Waals surface area contributed by atoms with Gasteiger partial charge in [-0.3, -0.25) is 10.2 Å². The molecule has 0 aromatic carbocycles. The van der Waals surface area contributed by atoms with Crippen LogP contribution >= 0.6 is 0 Å². The van der Waals surface area contributed by atoms with Crippen molar-refractivity contribution in [3.8, 4) is 0 Å². The maximum absolute atomic E-state index is 14.0. The Morgan fingerprint density at radius 1 is 1.19 bits per heavy atom. The number of carbonyl (C=O) groups excluding carboxylic acids is 2. The van der Waals surface area contributed by atoms with Gasteiger partial charge in [0.25, 0.3) is 0 Å². The lowest BCUT2D eigenvalue weighted by Gasteiger charge is -2.26. The molecule has 0 saturated heterocycles. The number of rotatable bonds is 10. The molecule has 8 heteroatoms. The molecule has 27 heavy (non-hydrogen) atoms. The summed E-state index contributed by atoms with van der Waals surface area (Å²) < 4.78 is 18.8. The van der Waals surface area contributed by atoms with Crippen molar-refractivity contribution in [1.82, 2.24) is 20.9 Å². The normalized spacial score (nSPS) is 13.0. The number of carbonyl (C=O) groups is 2. The van der Waals surface area contributed by atoms with Crippen LogP contribution < -0.4 is 10.9 Å². The van der Waals surface area contributed by atoms with E-state index in [0.717, 1.165) is 13.0 Å². The molecule has 7 nitrogen and oxygen atoms in total. The van der Waals surface area contributed by atoms with Crippen LogP contribution in [0.25, 0.3) is 0 Å². The minimum absolute atomic E-state index is 0.0429. The van der Waals surface area contributed by atoms with Crippen LogP contribution in [0.1, 0.15) is 40.5 Å². The summed E-state index contributed by atoms with van der Waals surface area (Å²) in [7, 11) is 3.15. The van der Waals surface area contributed by atoms with Crippen molar-refractivity contribution in [3.05, 3.63) is 36.2 Å². The Hall–Kier alpha value is -2.51. The smallest absolute Gasteiger partial charge is 0.426 e. The molecule has 0 aliphatic carbocycles. The quantitative estimate of drug-likeness (QED) is 0.343. The van der Waals surface area contributed by atoms with Crippen LogP contribution in [-0.2, 0) is 9.53 Å². The molecule has 0 saturated carbocycles. The molecule has 2 N–H and O–H groups in total. The fourth-order valence-electron chi connectivity index (χ4n) is 2.19. The molecule has 0 fully saturated rings. The number of hydrazine groups is 1. The summed E-state index contributed by atoms with van der Waals surface area (Å²) >= 11 is 0. The van der Waals surface area contributed by atoms with E-state index in [-0.39, 0.29) is 18.2 Å². The number of halogens is 1. The third-order valence-electron chi connectivity index (χ3n) is 3.71. The lowest BCUT2D eigenvalue weighted by molar-refractivity contribution is -0.121. The second kappa shape index (κ2) is 12.8. The third kappa shape index (κ3) is 10.3. The first-order valence-corrected chi connectivity index (χ1v) is 9.01. The summed E-state index contributed by atoms with van der Waals surface area (Å²) in [5.74, 6) is -0.0107. The van der Waals surface area contributed by atoms with E-state index in [1.54, 1.807) is 19.9 Å². The molecule has 0 heterocycles. The Balaban J connectivity index is 4.94. The average Bonchev–Trinajstić information content (AvgIpc) is 2.58. The maximum Gasteiger partial charge on any atom is 0.426 e. The summed E-state index contributed by atoms with van der Waals surface area (Å²) in [6, 6.07) is 0. The molecule has 0 bridgehead atoms. The monoisotopic (exact) mass is 384 g/mol. The van der Waals surface area contributed by atoms with E-state index in [1.807, 2.05) is 11.9 Å². The maximum atomic E-state index is 14.0. The van der Waals surface area contributed by atoms with Crippen molar-refractivity contribution >= 4 is 12.0 Å². The highest BCUT2D eigenvalue weighted by molar-refractivity contribution is 5.80. The van der Waals surface area contributed by atoms with Crippen LogP contribution in [0.15, 0.2) is 36.2 Å². The largest absolute Gasteiger partial charge is 0.446 e. The molecular weight excluding hydrogens is 351 g/mol. The van der Waals surface area contributed by atoms with Gasteiger partial charge >= 0.3 is 6.09 Å². The van der Waals surface area contributed by atoms with E-state index in [0.29, 0.717) is 16.7 Å². The predicted molar refractivity (Wildman–Crippen MR) is 105 cm³/mol. The fraction of sp³-hybridized carbons (Fsp3) is 0.579. The molecule has 0 aromatic rings. The van der Waals surface area contributed by atoms with E-state index in [1.165, 1.54) is 19.2 Å². The van der Waals surface area contributed by atoms with Gasteiger partial charge in [-0.15, -0.1) is 4.48 Å². The first-order chi connectivity index (χ1) is 12.6. The standard InChI is InChI=1S/C19H33FN4O3/c1-8-15(5)13-23(6)16(9-2)17(24(7)20)11-10-12-18(25)21-22-19(26)27-14(3)4/h9-11,14-15H,2,8,12-13H2,1,3-7H3,(H,21,25)(H,22,26)/b11-10-,17-16-. The Labute approximate surface area is 161 Å². The molecule has 1 unspecified atom stereocenters. The molecule has 0 aromatic heterocycles. The highest BCUT2D eigenvalue weighted by Gasteiger charge is 2.13. The Bertz CT molecular complexity index is 559. The molecular formula is C19H33FN4O3. The molecule has 0 aliphatic heterocycles. The van der Waals surface area contributed by atoms with E-state index in [4.69, 9.17) is 4.74 Å². The predicted octanol–water partition coefficient (Wildman–Crippen LogP) is 3.29. The van der Waals surface area contributed by atoms with Crippen molar-refractivity contribution in [2.24, 2.45) is 5.92 Å². The minimum Gasteiger partial charge on any atom is -0.446 e. The number of hydrogen-bond donors (Lipinski definition) is 2. The molecule has 1 atom stereocenters. The van der Waals surface area contributed by atoms with Gasteiger partial charge in [0.15, 0.2) is 0 Å². The number of amides is 2. The van der Waals surface area contributed by atoms with Crippen LogP contribution in [0.4, 0.5) is 9.28 Å². The zero-order chi connectivity index (χ0) is 21.0. The van der Waals surface area contributed by atoms with Gasteiger partial charge in [-0.05, 0) is 31.9 Å². The summed E-state index contributed by atoms with van der Waals surface area (Å²) in [6.07, 6.45) is 4.54. The van der Waals surface area contributed by atoms with Crippen LogP contribution in [0.3, 0.4) is 0 Å². The Kier molecular flexibility index (Phi) is 11.6. The van der Waals surface area contributed by atoms with E-state index >= 15 is 0 Å². The molecule has 154 valence electrons. The number of allylic oxidation sites excluding steroid dienone is 2.